The SMILES string of the molecule is CC(C)c1cc(-c2ccc3c4c(cccc24)C(C)(C)C3(C)C)cc(C(C)C)c1-n1c(-c2cccc3c2oc2cc4c(ccc5ccccc54)cc23)nc2ccccc21. The molecule has 0 spiro atoms. The van der Waals surface area contributed by atoms with E-state index >= 15 is 0 Å². The largest absolute Gasteiger partial charge is 0.455 e. The third-order valence-electron chi connectivity index (χ3n) is 14.1. The van der Waals surface area contributed by atoms with Crippen LogP contribution in [0.25, 0.3) is 93.5 Å². The minimum absolute atomic E-state index is 0.0347. The standard InChI is InChI=1S/C55H48N2O/c1-31(2)41-28-35(37-25-26-46-50-38(37)17-14-20-45(50)54(5,6)55(46,7)8)29-42(32(3)4)51(41)57-48-22-12-11-21-47(48)56-53(57)40-19-13-18-39-44-27-34-24-23-33-15-9-10-16-36(33)43(34)30-49(44)58-52(39)40/h9-32H,1-8H3. The zero-order valence-electron chi connectivity index (χ0n) is 34.7. The van der Waals surface area contributed by atoms with Crippen molar-refractivity contribution in [1.29, 1.82) is 0 Å². The van der Waals surface area contributed by atoms with E-state index in [9.17, 15) is 0 Å². The van der Waals surface area contributed by atoms with Crippen LogP contribution in [0.5, 0.6) is 0 Å². The molecule has 0 N–H and O–H groups in total. The van der Waals surface area contributed by atoms with Crippen LogP contribution in [0.15, 0.2) is 138 Å². The summed E-state index contributed by atoms with van der Waals surface area (Å²) in [5.74, 6) is 1.40. The molecule has 0 unspecified atom stereocenters. The van der Waals surface area contributed by atoms with E-state index in [1.165, 1.54) is 71.4 Å². The highest BCUT2D eigenvalue weighted by Crippen LogP contribution is 2.55. The Bertz CT molecular complexity index is 3300. The van der Waals surface area contributed by atoms with Gasteiger partial charge >= 0.3 is 0 Å². The van der Waals surface area contributed by atoms with Crippen LogP contribution in [0, 0.1) is 0 Å². The van der Waals surface area contributed by atoms with E-state index in [2.05, 4.69) is 193 Å². The summed E-state index contributed by atoms with van der Waals surface area (Å²) in [6.07, 6.45) is 0. The van der Waals surface area contributed by atoms with E-state index < -0.39 is 0 Å². The molecule has 3 heteroatoms. The van der Waals surface area contributed by atoms with Crippen molar-refractivity contribution in [3.8, 4) is 28.2 Å². The molecule has 0 saturated heterocycles. The Labute approximate surface area is 339 Å². The second-order valence-electron chi connectivity index (χ2n) is 18.4. The fourth-order valence-electron chi connectivity index (χ4n) is 10.3. The molecule has 58 heavy (non-hydrogen) atoms. The first-order chi connectivity index (χ1) is 27.9. The Kier molecular flexibility index (Phi) is 7.34. The first kappa shape index (κ1) is 35.0. The van der Waals surface area contributed by atoms with Gasteiger partial charge in [0.2, 0.25) is 0 Å². The summed E-state index contributed by atoms with van der Waals surface area (Å²) in [5.41, 5.74) is 14.2. The molecule has 0 aliphatic heterocycles. The minimum atomic E-state index is 0.0347. The van der Waals surface area contributed by atoms with Crippen molar-refractivity contribution in [3.63, 3.8) is 0 Å². The first-order valence-corrected chi connectivity index (χ1v) is 20.9. The van der Waals surface area contributed by atoms with Crippen molar-refractivity contribution in [2.75, 3.05) is 0 Å². The van der Waals surface area contributed by atoms with Crippen LogP contribution in [0.3, 0.4) is 0 Å². The van der Waals surface area contributed by atoms with Gasteiger partial charge in [0, 0.05) is 10.8 Å². The van der Waals surface area contributed by atoms with Gasteiger partial charge in [-0.2, -0.15) is 0 Å². The normalized spacial score (nSPS) is 14.8. The Morgan fingerprint density at radius 1 is 0.534 bits per heavy atom. The molecular formula is C55H48N2O. The smallest absolute Gasteiger partial charge is 0.149 e. The lowest BCUT2D eigenvalue weighted by Gasteiger charge is -2.37. The molecule has 0 atom stereocenters. The van der Waals surface area contributed by atoms with Crippen molar-refractivity contribution in [2.24, 2.45) is 0 Å². The number of para-hydroxylation sites is 3. The van der Waals surface area contributed by atoms with E-state index in [0.29, 0.717) is 0 Å². The molecule has 2 aromatic heterocycles. The van der Waals surface area contributed by atoms with E-state index in [1.807, 2.05) is 0 Å². The van der Waals surface area contributed by atoms with Crippen molar-refractivity contribution in [1.82, 2.24) is 9.55 Å². The molecule has 0 amide bonds. The number of aromatic nitrogens is 2. The van der Waals surface area contributed by atoms with Gasteiger partial charge in [0.1, 0.15) is 17.0 Å². The highest BCUT2D eigenvalue weighted by Gasteiger charge is 2.47. The van der Waals surface area contributed by atoms with E-state index in [1.54, 1.807) is 0 Å². The molecule has 0 fully saturated rings. The van der Waals surface area contributed by atoms with Crippen LogP contribution >= 0.6 is 0 Å². The Morgan fingerprint density at radius 3 is 1.97 bits per heavy atom. The zero-order valence-corrected chi connectivity index (χ0v) is 34.7. The van der Waals surface area contributed by atoms with E-state index in [-0.39, 0.29) is 22.7 Å². The molecule has 10 aromatic rings. The number of furan rings is 1. The third kappa shape index (κ3) is 4.71. The number of hydrogen-bond donors (Lipinski definition) is 0. The summed E-state index contributed by atoms with van der Waals surface area (Å²) < 4.78 is 9.39. The fourth-order valence-corrected chi connectivity index (χ4v) is 10.3. The van der Waals surface area contributed by atoms with Crippen LogP contribution in [-0.2, 0) is 10.8 Å². The summed E-state index contributed by atoms with van der Waals surface area (Å²) in [4.78, 5) is 5.45. The molecule has 0 bridgehead atoms. The van der Waals surface area contributed by atoms with Crippen LogP contribution in [0.1, 0.15) is 89.5 Å². The highest BCUT2D eigenvalue weighted by molar-refractivity contribution is 6.17. The minimum Gasteiger partial charge on any atom is -0.455 e. The second-order valence-corrected chi connectivity index (χ2v) is 18.4. The molecule has 11 rings (SSSR count). The van der Waals surface area contributed by atoms with Crippen molar-refractivity contribution < 1.29 is 4.42 Å². The first-order valence-electron chi connectivity index (χ1n) is 20.9. The summed E-state index contributed by atoms with van der Waals surface area (Å²) in [6.45, 7) is 19.0. The van der Waals surface area contributed by atoms with Crippen molar-refractivity contribution >= 4 is 65.3 Å². The Balaban J connectivity index is 1.18. The number of imidazole rings is 1. The van der Waals surface area contributed by atoms with Gasteiger partial charge < -0.3 is 4.42 Å². The van der Waals surface area contributed by atoms with Gasteiger partial charge in [-0.3, -0.25) is 4.57 Å². The third-order valence-corrected chi connectivity index (χ3v) is 14.1. The molecule has 8 aromatic carbocycles. The van der Waals surface area contributed by atoms with Gasteiger partial charge in [0.05, 0.1) is 22.3 Å². The molecule has 0 saturated carbocycles. The molecule has 0 radical (unpaired) electrons. The fraction of sp³-hybridized carbons (Fsp3) is 0.218. The summed E-state index contributed by atoms with van der Waals surface area (Å²) in [6, 6.07) is 49.4. The number of benzene rings is 8. The van der Waals surface area contributed by atoms with Gasteiger partial charge in [-0.25, -0.2) is 4.98 Å². The molecule has 2 heterocycles. The molecule has 1 aliphatic rings. The van der Waals surface area contributed by atoms with Gasteiger partial charge in [0.15, 0.2) is 0 Å². The van der Waals surface area contributed by atoms with Crippen molar-refractivity contribution in [2.45, 2.75) is 78.1 Å². The van der Waals surface area contributed by atoms with E-state index in [4.69, 9.17) is 9.40 Å². The quantitative estimate of drug-likeness (QED) is 0.164. The molecule has 284 valence electrons. The lowest BCUT2D eigenvalue weighted by molar-refractivity contribution is 0.322. The lowest BCUT2D eigenvalue weighted by atomic mass is 9.66. The maximum absolute atomic E-state index is 6.96. The number of fused-ring (bicyclic) bond motifs is 7. The topological polar surface area (TPSA) is 31.0 Å². The average molecular weight is 753 g/mol. The Hall–Kier alpha value is -6.19. The maximum atomic E-state index is 6.96. The second kappa shape index (κ2) is 12.2. The monoisotopic (exact) mass is 752 g/mol. The van der Waals surface area contributed by atoms with Crippen molar-refractivity contribution in [3.05, 3.63) is 156 Å². The van der Waals surface area contributed by atoms with Crippen LogP contribution in [0.4, 0.5) is 0 Å². The van der Waals surface area contributed by atoms with Crippen LogP contribution in [-0.4, -0.2) is 9.55 Å². The summed E-state index contributed by atoms with van der Waals surface area (Å²) in [5, 5.41) is 9.87. The summed E-state index contributed by atoms with van der Waals surface area (Å²) in [7, 11) is 0. The predicted molar refractivity (Wildman–Crippen MR) is 246 cm³/mol. The van der Waals surface area contributed by atoms with E-state index in [0.717, 1.165) is 44.4 Å². The lowest BCUT2D eigenvalue weighted by Crippen LogP contribution is -2.35. The van der Waals surface area contributed by atoms with Gasteiger partial charge in [-0.1, -0.05) is 146 Å². The number of hydrogen-bond acceptors (Lipinski definition) is 2. The number of nitrogens with zero attached hydrogens (tertiary/aromatic N) is 2. The van der Waals surface area contributed by atoms with Gasteiger partial charge in [-0.05, 0) is 131 Å². The number of rotatable bonds is 5. The predicted octanol–water partition coefficient (Wildman–Crippen LogP) is 15.5. The average Bonchev–Trinajstić information content (AvgIpc) is 3.83. The maximum Gasteiger partial charge on any atom is 0.149 e. The molecular weight excluding hydrogens is 705 g/mol. The summed E-state index contributed by atoms with van der Waals surface area (Å²) >= 11 is 0. The highest BCUT2D eigenvalue weighted by atomic mass is 16.3. The van der Waals surface area contributed by atoms with Gasteiger partial charge in [0.25, 0.3) is 0 Å². The Morgan fingerprint density at radius 2 is 1.19 bits per heavy atom. The molecule has 1 aliphatic carbocycles. The zero-order chi connectivity index (χ0) is 39.8. The van der Waals surface area contributed by atoms with Crippen LogP contribution < -0.4 is 0 Å². The molecule has 3 nitrogen and oxygen atoms in total. The van der Waals surface area contributed by atoms with Crippen LogP contribution in [0.2, 0.25) is 0 Å². The van der Waals surface area contributed by atoms with Gasteiger partial charge in [-0.15, -0.1) is 0 Å².